The molecule has 6 heteroatoms. The van der Waals surface area contributed by atoms with E-state index in [4.69, 9.17) is 4.74 Å². The van der Waals surface area contributed by atoms with Crippen molar-refractivity contribution < 1.29 is 13.2 Å². The Morgan fingerprint density at radius 1 is 1.11 bits per heavy atom. The Bertz CT molecular complexity index is 1100. The number of ether oxygens (including phenoxy) is 1. The molecule has 4 rings (SSSR count). The van der Waals surface area contributed by atoms with Crippen molar-refractivity contribution in [3.05, 3.63) is 54.7 Å². The number of piperidine rings is 1. The minimum Gasteiger partial charge on any atom is -0.497 e. The summed E-state index contributed by atoms with van der Waals surface area (Å²) < 4.78 is 32.4. The van der Waals surface area contributed by atoms with Crippen LogP contribution in [0.25, 0.3) is 10.9 Å². The number of methoxy groups -OCH3 is 1. The molecule has 0 amide bonds. The first-order valence-electron chi connectivity index (χ1n) is 9.56. The molecular weight excluding hydrogens is 372 g/mol. The second-order valence-electron chi connectivity index (χ2n) is 7.21. The largest absolute Gasteiger partial charge is 0.497 e. The highest BCUT2D eigenvalue weighted by atomic mass is 32.2. The van der Waals surface area contributed by atoms with Crippen LogP contribution in [0.3, 0.4) is 0 Å². The molecule has 0 bridgehead atoms. The molecule has 0 aliphatic carbocycles. The highest BCUT2D eigenvalue weighted by Gasteiger charge is 2.30. The van der Waals surface area contributed by atoms with Gasteiger partial charge in [-0.05, 0) is 56.5 Å². The third-order valence-electron chi connectivity index (χ3n) is 5.45. The van der Waals surface area contributed by atoms with Crippen molar-refractivity contribution in [2.24, 2.45) is 0 Å². The van der Waals surface area contributed by atoms with Crippen LogP contribution >= 0.6 is 0 Å². The van der Waals surface area contributed by atoms with Crippen molar-refractivity contribution in [1.82, 2.24) is 4.98 Å². The van der Waals surface area contributed by atoms with Gasteiger partial charge in [0, 0.05) is 24.2 Å². The fraction of sp³-hybridized carbons (Fsp3) is 0.318. The monoisotopic (exact) mass is 396 g/mol. The smallest absolute Gasteiger partial charge is 0.210 e. The topological polar surface area (TPSA) is 59.5 Å². The van der Waals surface area contributed by atoms with Crippen LogP contribution in [0.5, 0.6) is 5.75 Å². The van der Waals surface area contributed by atoms with Crippen LogP contribution in [-0.4, -0.2) is 33.1 Å². The minimum atomic E-state index is -3.70. The van der Waals surface area contributed by atoms with Crippen LogP contribution < -0.4 is 9.64 Å². The minimum absolute atomic E-state index is 0.258. The summed E-state index contributed by atoms with van der Waals surface area (Å²) in [6.45, 7) is 2.99. The van der Waals surface area contributed by atoms with E-state index in [1.807, 2.05) is 24.3 Å². The summed E-state index contributed by atoms with van der Waals surface area (Å²) in [7, 11) is -2.08. The van der Waals surface area contributed by atoms with E-state index in [-0.39, 0.29) is 15.8 Å². The van der Waals surface area contributed by atoms with Crippen LogP contribution in [0.2, 0.25) is 0 Å². The molecule has 2 aromatic carbocycles. The fourth-order valence-corrected chi connectivity index (χ4v) is 5.36. The molecule has 0 radical (unpaired) electrons. The number of rotatable bonds is 4. The van der Waals surface area contributed by atoms with Gasteiger partial charge in [0.15, 0.2) is 0 Å². The summed E-state index contributed by atoms with van der Waals surface area (Å²) in [5.41, 5.74) is 1.50. The lowest BCUT2D eigenvalue weighted by molar-refractivity contribution is 0.415. The third-order valence-corrected chi connectivity index (χ3v) is 7.22. The molecule has 0 saturated carbocycles. The van der Waals surface area contributed by atoms with Crippen molar-refractivity contribution in [2.45, 2.75) is 42.0 Å². The second kappa shape index (κ2) is 7.43. The first kappa shape index (κ1) is 18.7. The first-order valence-corrected chi connectivity index (χ1v) is 11.0. The zero-order valence-electron chi connectivity index (χ0n) is 16.1. The van der Waals surface area contributed by atoms with Crippen molar-refractivity contribution in [2.75, 3.05) is 18.6 Å². The number of anilines is 1. The number of nitrogens with zero attached hydrogens (tertiary/aromatic N) is 2. The SMILES string of the molecule is COc1ccc2ncc(S(=O)(=O)c3ccccc3)c(N3CCCC[C@@H]3C)c2c1. The van der Waals surface area contributed by atoms with Crippen molar-refractivity contribution in [3.8, 4) is 5.75 Å². The Labute approximate surface area is 165 Å². The Morgan fingerprint density at radius 3 is 2.61 bits per heavy atom. The summed E-state index contributed by atoms with van der Waals surface area (Å²) in [5.74, 6) is 0.689. The number of aromatic nitrogens is 1. The van der Waals surface area contributed by atoms with Crippen LogP contribution in [0, 0.1) is 0 Å². The van der Waals surface area contributed by atoms with Crippen molar-refractivity contribution >= 4 is 26.4 Å². The molecule has 2 heterocycles. The molecule has 5 nitrogen and oxygen atoms in total. The maximum absolute atomic E-state index is 13.5. The van der Waals surface area contributed by atoms with E-state index < -0.39 is 9.84 Å². The summed E-state index contributed by atoms with van der Waals surface area (Å²) in [5, 5.41) is 0.810. The van der Waals surface area contributed by atoms with Crippen LogP contribution in [-0.2, 0) is 9.84 Å². The molecule has 1 saturated heterocycles. The van der Waals surface area contributed by atoms with Gasteiger partial charge in [0.05, 0.1) is 23.2 Å². The van der Waals surface area contributed by atoms with Gasteiger partial charge in [-0.2, -0.15) is 0 Å². The molecule has 28 heavy (non-hydrogen) atoms. The molecule has 0 N–H and O–H groups in total. The fourth-order valence-electron chi connectivity index (χ4n) is 3.92. The zero-order valence-corrected chi connectivity index (χ0v) is 16.9. The number of sulfone groups is 1. The van der Waals surface area contributed by atoms with Crippen LogP contribution in [0.15, 0.2) is 64.5 Å². The van der Waals surface area contributed by atoms with E-state index in [1.165, 1.54) is 6.20 Å². The molecule has 1 aliphatic heterocycles. The highest BCUT2D eigenvalue weighted by Crippen LogP contribution is 2.39. The van der Waals surface area contributed by atoms with Gasteiger partial charge in [0.2, 0.25) is 9.84 Å². The van der Waals surface area contributed by atoms with Gasteiger partial charge < -0.3 is 9.64 Å². The standard InChI is InChI=1S/C22H24N2O3S/c1-16-8-6-7-13-24(16)22-19-14-17(27-2)11-12-20(19)23-15-21(22)28(25,26)18-9-4-3-5-10-18/h3-5,9-12,14-16H,6-8,13H2,1-2H3/t16-/m0/s1. The Hall–Kier alpha value is -2.60. The molecule has 1 fully saturated rings. The zero-order chi connectivity index (χ0) is 19.7. The lowest BCUT2D eigenvalue weighted by Gasteiger charge is -2.37. The summed E-state index contributed by atoms with van der Waals surface area (Å²) in [6, 6.07) is 14.5. The third kappa shape index (κ3) is 3.22. The Balaban J connectivity index is 2.02. The van der Waals surface area contributed by atoms with Gasteiger partial charge in [-0.25, -0.2) is 8.42 Å². The molecule has 1 aromatic heterocycles. The Morgan fingerprint density at radius 2 is 1.89 bits per heavy atom. The van der Waals surface area contributed by atoms with Crippen molar-refractivity contribution in [3.63, 3.8) is 0 Å². The first-order chi connectivity index (χ1) is 13.5. The van der Waals surface area contributed by atoms with Gasteiger partial charge in [-0.3, -0.25) is 4.98 Å². The number of hydrogen-bond donors (Lipinski definition) is 0. The average Bonchev–Trinajstić information content (AvgIpc) is 2.73. The highest BCUT2D eigenvalue weighted by molar-refractivity contribution is 7.91. The lowest BCUT2D eigenvalue weighted by Crippen LogP contribution is -2.38. The predicted octanol–water partition coefficient (Wildman–Crippen LogP) is 4.46. The summed E-state index contributed by atoms with van der Waals surface area (Å²) in [6.07, 6.45) is 4.75. The molecule has 0 spiro atoms. The molecule has 0 unspecified atom stereocenters. The van der Waals surface area contributed by atoms with E-state index in [0.29, 0.717) is 5.75 Å². The average molecular weight is 397 g/mol. The molecule has 1 aliphatic rings. The lowest BCUT2D eigenvalue weighted by atomic mass is 10.0. The number of pyridine rings is 1. The van der Waals surface area contributed by atoms with Gasteiger partial charge in [-0.15, -0.1) is 0 Å². The van der Waals surface area contributed by atoms with E-state index in [9.17, 15) is 8.42 Å². The number of benzene rings is 2. The second-order valence-corrected chi connectivity index (χ2v) is 9.13. The Kier molecular flexibility index (Phi) is 4.98. The maximum Gasteiger partial charge on any atom is 0.210 e. The summed E-state index contributed by atoms with van der Waals surface area (Å²) in [4.78, 5) is 7.23. The van der Waals surface area contributed by atoms with Gasteiger partial charge >= 0.3 is 0 Å². The van der Waals surface area contributed by atoms with Gasteiger partial charge in [-0.1, -0.05) is 18.2 Å². The molecular formula is C22H24N2O3S. The normalized spacial score (nSPS) is 17.6. The summed E-state index contributed by atoms with van der Waals surface area (Å²) >= 11 is 0. The maximum atomic E-state index is 13.5. The van der Waals surface area contributed by atoms with E-state index >= 15 is 0 Å². The van der Waals surface area contributed by atoms with Crippen LogP contribution in [0.1, 0.15) is 26.2 Å². The van der Waals surface area contributed by atoms with E-state index in [1.54, 1.807) is 31.4 Å². The molecule has 3 aromatic rings. The quantitative estimate of drug-likeness (QED) is 0.652. The van der Waals surface area contributed by atoms with Gasteiger partial charge in [0.25, 0.3) is 0 Å². The van der Waals surface area contributed by atoms with Crippen molar-refractivity contribution in [1.29, 1.82) is 0 Å². The van der Waals surface area contributed by atoms with E-state index in [0.717, 1.165) is 42.4 Å². The number of hydrogen-bond acceptors (Lipinski definition) is 5. The predicted molar refractivity (Wildman–Crippen MR) is 111 cm³/mol. The van der Waals surface area contributed by atoms with Gasteiger partial charge in [0.1, 0.15) is 10.6 Å². The molecule has 146 valence electrons. The molecule has 1 atom stereocenters. The number of fused-ring (bicyclic) bond motifs is 1. The van der Waals surface area contributed by atoms with Crippen LogP contribution in [0.4, 0.5) is 5.69 Å². The van der Waals surface area contributed by atoms with E-state index in [2.05, 4.69) is 16.8 Å².